The van der Waals surface area contributed by atoms with Crippen LogP contribution < -0.4 is 15.4 Å². The van der Waals surface area contributed by atoms with E-state index >= 15 is 0 Å². The summed E-state index contributed by atoms with van der Waals surface area (Å²) in [6, 6.07) is 12.2. The van der Waals surface area contributed by atoms with Crippen LogP contribution in [0.3, 0.4) is 0 Å². The molecule has 2 aromatic rings. The minimum Gasteiger partial charge on any atom is -0.435 e. The lowest BCUT2D eigenvalue weighted by Gasteiger charge is -2.08. The van der Waals surface area contributed by atoms with Crippen LogP contribution in [0.25, 0.3) is 0 Å². The average Bonchev–Trinajstić information content (AvgIpc) is 3.39. The van der Waals surface area contributed by atoms with Crippen molar-refractivity contribution in [3.8, 4) is 5.75 Å². The number of anilines is 1. The van der Waals surface area contributed by atoms with E-state index in [2.05, 4.69) is 15.4 Å². The van der Waals surface area contributed by atoms with Gasteiger partial charge in [0.2, 0.25) is 0 Å². The second-order valence-electron chi connectivity index (χ2n) is 5.68. The van der Waals surface area contributed by atoms with Crippen molar-refractivity contribution in [2.24, 2.45) is 0 Å². The molecule has 1 fully saturated rings. The van der Waals surface area contributed by atoms with E-state index in [-0.39, 0.29) is 17.7 Å². The van der Waals surface area contributed by atoms with Crippen LogP contribution in [0.5, 0.6) is 5.75 Å². The van der Waals surface area contributed by atoms with Crippen LogP contribution in [-0.2, 0) is 0 Å². The summed E-state index contributed by atoms with van der Waals surface area (Å²) in [7, 11) is 0. The van der Waals surface area contributed by atoms with E-state index in [9.17, 15) is 18.4 Å². The first-order valence-electron chi connectivity index (χ1n) is 7.78. The molecule has 7 heteroatoms. The van der Waals surface area contributed by atoms with Crippen LogP contribution in [-0.4, -0.2) is 24.5 Å². The number of nitrogens with one attached hydrogen (secondary N) is 2. The number of hydrogen-bond donors (Lipinski definition) is 2. The molecule has 2 N–H and O–H groups in total. The smallest absolute Gasteiger partial charge is 0.387 e. The topological polar surface area (TPSA) is 67.4 Å². The molecule has 1 aliphatic carbocycles. The molecular weight excluding hydrogens is 330 g/mol. The fourth-order valence-corrected chi connectivity index (χ4v) is 2.19. The van der Waals surface area contributed by atoms with E-state index in [0.717, 1.165) is 12.8 Å². The quantitative estimate of drug-likeness (QED) is 0.842. The summed E-state index contributed by atoms with van der Waals surface area (Å²) in [6.45, 7) is -2.91. The first-order valence-corrected chi connectivity index (χ1v) is 7.78. The molecule has 5 nitrogen and oxygen atoms in total. The highest BCUT2D eigenvalue weighted by molar-refractivity contribution is 6.04. The van der Waals surface area contributed by atoms with E-state index in [1.54, 1.807) is 24.3 Å². The van der Waals surface area contributed by atoms with Crippen LogP contribution in [0.4, 0.5) is 14.5 Å². The van der Waals surface area contributed by atoms with E-state index in [1.165, 1.54) is 24.3 Å². The van der Waals surface area contributed by atoms with Crippen LogP contribution in [0.2, 0.25) is 0 Å². The Hall–Kier alpha value is -2.96. The maximum absolute atomic E-state index is 12.1. The predicted molar refractivity (Wildman–Crippen MR) is 88.0 cm³/mol. The molecule has 0 aromatic heterocycles. The van der Waals surface area contributed by atoms with Gasteiger partial charge in [-0.1, -0.05) is 0 Å². The molecule has 0 unspecified atom stereocenters. The number of amides is 2. The van der Waals surface area contributed by atoms with Gasteiger partial charge in [-0.2, -0.15) is 8.78 Å². The molecule has 25 heavy (non-hydrogen) atoms. The van der Waals surface area contributed by atoms with Crippen LogP contribution in [0.1, 0.15) is 33.6 Å². The SMILES string of the molecule is O=C(Nc1ccc(C(=O)NC2CC2)cc1)c1ccc(OC(F)F)cc1. The van der Waals surface area contributed by atoms with Gasteiger partial charge in [-0.3, -0.25) is 9.59 Å². The van der Waals surface area contributed by atoms with Gasteiger partial charge in [0.05, 0.1) is 0 Å². The Kier molecular flexibility index (Phi) is 4.92. The summed E-state index contributed by atoms with van der Waals surface area (Å²) < 4.78 is 28.4. The van der Waals surface area contributed by atoms with Crippen molar-refractivity contribution in [2.75, 3.05) is 5.32 Å². The zero-order valence-electron chi connectivity index (χ0n) is 13.2. The van der Waals surface area contributed by atoms with Gasteiger partial charge in [0.1, 0.15) is 5.75 Å². The number of ether oxygens (including phenoxy) is 1. The molecule has 0 aliphatic heterocycles. The molecular formula is C18H16F2N2O3. The predicted octanol–water partition coefficient (Wildman–Crippen LogP) is 3.43. The zero-order valence-corrected chi connectivity index (χ0v) is 13.2. The molecule has 2 aromatic carbocycles. The van der Waals surface area contributed by atoms with Gasteiger partial charge in [-0.05, 0) is 61.4 Å². The first-order chi connectivity index (χ1) is 12.0. The molecule has 3 rings (SSSR count). The van der Waals surface area contributed by atoms with Gasteiger partial charge in [0.25, 0.3) is 11.8 Å². The number of rotatable bonds is 6. The van der Waals surface area contributed by atoms with E-state index in [1.807, 2.05) is 0 Å². The van der Waals surface area contributed by atoms with Crippen molar-refractivity contribution in [3.05, 3.63) is 59.7 Å². The van der Waals surface area contributed by atoms with E-state index in [4.69, 9.17) is 0 Å². The number of hydrogen-bond acceptors (Lipinski definition) is 3. The van der Waals surface area contributed by atoms with Crippen molar-refractivity contribution in [1.82, 2.24) is 5.32 Å². The van der Waals surface area contributed by atoms with Crippen molar-refractivity contribution >= 4 is 17.5 Å². The number of carbonyl (C=O) groups is 2. The fourth-order valence-electron chi connectivity index (χ4n) is 2.19. The highest BCUT2D eigenvalue weighted by Gasteiger charge is 2.23. The molecule has 0 spiro atoms. The second kappa shape index (κ2) is 7.29. The van der Waals surface area contributed by atoms with Crippen molar-refractivity contribution in [1.29, 1.82) is 0 Å². The van der Waals surface area contributed by atoms with E-state index < -0.39 is 12.5 Å². The zero-order chi connectivity index (χ0) is 17.8. The summed E-state index contributed by atoms with van der Waals surface area (Å²) in [5.74, 6) is -0.536. The summed E-state index contributed by atoms with van der Waals surface area (Å²) >= 11 is 0. The number of halogens is 2. The maximum Gasteiger partial charge on any atom is 0.387 e. The largest absolute Gasteiger partial charge is 0.435 e. The Labute approximate surface area is 143 Å². The first kappa shape index (κ1) is 16.9. The Morgan fingerprint density at radius 1 is 0.920 bits per heavy atom. The van der Waals surface area contributed by atoms with Gasteiger partial charge < -0.3 is 15.4 Å². The standard InChI is InChI=1S/C18H16F2N2O3/c19-18(20)25-15-9-3-12(4-10-15)17(24)21-13-5-1-11(2-6-13)16(23)22-14-7-8-14/h1-6,9-10,14,18H,7-8H2,(H,21,24)(H,22,23). The lowest BCUT2D eigenvalue weighted by molar-refractivity contribution is -0.0498. The normalized spacial score (nSPS) is 13.4. The number of carbonyl (C=O) groups excluding carboxylic acids is 2. The molecule has 2 amide bonds. The van der Waals surface area contributed by atoms with E-state index in [0.29, 0.717) is 16.8 Å². The maximum atomic E-state index is 12.1. The summed E-state index contributed by atoms with van der Waals surface area (Å²) in [5, 5.41) is 5.56. The minimum atomic E-state index is -2.91. The minimum absolute atomic E-state index is 0.0161. The third-order valence-corrected chi connectivity index (χ3v) is 3.66. The molecule has 1 saturated carbocycles. The Morgan fingerprint density at radius 2 is 1.48 bits per heavy atom. The molecule has 0 heterocycles. The highest BCUT2D eigenvalue weighted by Crippen LogP contribution is 2.20. The van der Waals surface area contributed by atoms with Crippen LogP contribution in [0, 0.1) is 0 Å². The lowest BCUT2D eigenvalue weighted by atomic mass is 10.1. The van der Waals surface area contributed by atoms with Gasteiger partial charge in [0.15, 0.2) is 0 Å². The summed E-state index contributed by atoms with van der Waals surface area (Å²) in [4.78, 5) is 24.0. The Morgan fingerprint density at radius 3 is 2.04 bits per heavy atom. The fraction of sp³-hybridized carbons (Fsp3) is 0.222. The third-order valence-electron chi connectivity index (χ3n) is 3.66. The second-order valence-corrected chi connectivity index (χ2v) is 5.68. The molecule has 130 valence electrons. The lowest BCUT2D eigenvalue weighted by Crippen LogP contribution is -2.25. The molecule has 0 radical (unpaired) electrons. The third kappa shape index (κ3) is 4.76. The van der Waals surface area contributed by atoms with Crippen molar-refractivity contribution in [2.45, 2.75) is 25.5 Å². The van der Waals surface area contributed by atoms with Crippen LogP contribution in [0.15, 0.2) is 48.5 Å². The molecule has 1 aliphatic rings. The molecule has 0 atom stereocenters. The molecule has 0 bridgehead atoms. The number of benzene rings is 2. The van der Waals surface area contributed by atoms with Crippen LogP contribution >= 0.6 is 0 Å². The van der Waals surface area contributed by atoms with Gasteiger partial charge in [0, 0.05) is 22.9 Å². The van der Waals surface area contributed by atoms with Gasteiger partial charge >= 0.3 is 6.61 Å². The summed E-state index contributed by atoms with van der Waals surface area (Å²) in [5.41, 5.74) is 1.36. The van der Waals surface area contributed by atoms with Crippen molar-refractivity contribution < 1.29 is 23.1 Å². The Balaban J connectivity index is 1.59. The van der Waals surface area contributed by atoms with Gasteiger partial charge in [-0.15, -0.1) is 0 Å². The average molecular weight is 346 g/mol. The summed E-state index contributed by atoms with van der Waals surface area (Å²) in [6.07, 6.45) is 2.03. The van der Waals surface area contributed by atoms with Crippen molar-refractivity contribution in [3.63, 3.8) is 0 Å². The highest BCUT2D eigenvalue weighted by atomic mass is 19.3. The number of alkyl halides is 2. The molecule has 0 saturated heterocycles. The Bertz CT molecular complexity index is 757. The van der Waals surface area contributed by atoms with Gasteiger partial charge in [-0.25, -0.2) is 0 Å². The monoisotopic (exact) mass is 346 g/mol.